The molecule has 1 saturated heterocycles. The molecule has 0 aliphatic carbocycles. The highest BCUT2D eigenvalue weighted by Crippen LogP contribution is 2.40. The number of carbonyl (C=O) groups excluding carboxylic acids is 2. The molecule has 190 valence electrons. The van der Waals surface area contributed by atoms with Crippen LogP contribution in [0.3, 0.4) is 0 Å². The van der Waals surface area contributed by atoms with E-state index in [-0.39, 0.29) is 30.0 Å². The standard InChI is InChI=1S/C28H34N4O4/c1-18-26(33)30-29-25-17-35-24-11-10-20(16-23(24)32(18)25)21-12-13-31(27(34)36-28(2,3)4)22(15-21)14-19-8-6-5-7-9-19/h5-11,16,18,21-22H,12-15,17H2,1-4H3,(H,30,33). The van der Waals surface area contributed by atoms with Gasteiger partial charge in [-0.1, -0.05) is 36.4 Å². The Bertz CT molecular complexity index is 1170. The van der Waals surface area contributed by atoms with E-state index >= 15 is 0 Å². The Hall–Kier alpha value is -3.55. The zero-order valence-corrected chi connectivity index (χ0v) is 21.4. The highest BCUT2D eigenvalue weighted by molar-refractivity contribution is 6.09. The number of carbonyl (C=O) groups is 2. The average Bonchev–Trinajstić information content (AvgIpc) is 2.85. The summed E-state index contributed by atoms with van der Waals surface area (Å²) in [5.74, 6) is 1.59. The topological polar surface area (TPSA) is 83.5 Å². The van der Waals surface area contributed by atoms with Crippen LogP contribution in [0.1, 0.15) is 57.6 Å². The van der Waals surface area contributed by atoms with Gasteiger partial charge in [0.25, 0.3) is 5.91 Å². The second-order valence-electron chi connectivity index (χ2n) is 10.8. The zero-order valence-electron chi connectivity index (χ0n) is 21.4. The first-order valence-electron chi connectivity index (χ1n) is 12.7. The van der Waals surface area contributed by atoms with Crippen molar-refractivity contribution in [2.75, 3.05) is 18.1 Å². The number of hydrazone groups is 1. The minimum Gasteiger partial charge on any atom is -0.483 e. The number of nitrogens with one attached hydrogen (secondary N) is 1. The molecule has 0 radical (unpaired) electrons. The van der Waals surface area contributed by atoms with Crippen LogP contribution >= 0.6 is 0 Å². The summed E-state index contributed by atoms with van der Waals surface area (Å²) >= 11 is 0. The number of piperidine rings is 1. The number of ether oxygens (including phenoxy) is 2. The fourth-order valence-electron chi connectivity index (χ4n) is 5.29. The lowest BCUT2D eigenvalue weighted by molar-refractivity contribution is -0.122. The first kappa shape index (κ1) is 24.2. The molecule has 3 aliphatic rings. The van der Waals surface area contributed by atoms with E-state index in [1.54, 1.807) is 0 Å². The maximum absolute atomic E-state index is 13.1. The first-order valence-corrected chi connectivity index (χ1v) is 12.7. The molecular formula is C28H34N4O4. The van der Waals surface area contributed by atoms with E-state index in [4.69, 9.17) is 9.47 Å². The third kappa shape index (κ3) is 4.90. The Labute approximate surface area is 212 Å². The molecule has 2 amide bonds. The van der Waals surface area contributed by atoms with Crippen molar-refractivity contribution in [2.24, 2.45) is 5.10 Å². The molecule has 3 unspecified atom stereocenters. The molecule has 1 N–H and O–H groups in total. The quantitative estimate of drug-likeness (QED) is 0.688. The van der Waals surface area contributed by atoms with Crippen molar-refractivity contribution in [2.45, 2.75) is 70.6 Å². The van der Waals surface area contributed by atoms with E-state index in [0.29, 0.717) is 19.0 Å². The lowest BCUT2D eigenvalue weighted by atomic mass is 9.83. The van der Waals surface area contributed by atoms with Crippen LogP contribution in [0, 0.1) is 0 Å². The summed E-state index contributed by atoms with van der Waals surface area (Å²) in [6, 6.07) is 16.2. The van der Waals surface area contributed by atoms with Crippen LogP contribution in [-0.4, -0.2) is 53.6 Å². The largest absolute Gasteiger partial charge is 0.483 e. The molecule has 3 aliphatic heterocycles. The van der Waals surface area contributed by atoms with E-state index in [0.717, 1.165) is 30.7 Å². The Morgan fingerprint density at radius 3 is 2.72 bits per heavy atom. The van der Waals surface area contributed by atoms with Crippen molar-refractivity contribution < 1.29 is 19.1 Å². The maximum Gasteiger partial charge on any atom is 0.410 e. The average molecular weight is 491 g/mol. The van der Waals surface area contributed by atoms with E-state index in [9.17, 15) is 9.59 Å². The van der Waals surface area contributed by atoms with Gasteiger partial charge in [-0.05, 0) is 76.1 Å². The number of amidine groups is 1. The van der Waals surface area contributed by atoms with Crippen LogP contribution < -0.4 is 15.1 Å². The summed E-state index contributed by atoms with van der Waals surface area (Å²) < 4.78 is 11.7. The molecule has 0 saturated carbocycles. The molecule has 0 aromatic heterocycles. The van der Waals surface area contributed by atoms with Gasteiger partial charge in [0, 0.05) is 12.6 Å². The van der Waals surface area contributed by atoms with Gasteiger partial charge in [-0.2, -0.15) is 5.10 Å². The number of hydrogen-bond donors (Lipinski definition) is 1. The Morgan fingerprint density at radius 1 is 1.19 bits per heavy atom. The number of likely N-dealkylation sites (tertiary alicyclic amines) is 1. The fourth-order valence-corrected chi connectivity index (χ4v) is 5.29. The second-order valence-corrected chi connectivity index (χ2v) is 10.8. The molecule has 2 aromatic carbocycles. The molecule has 8 nitrogen and oxygen atoms in total. The van der Waals surface area contributed by atoms with Gasteiger partial charge in [0.15, 0.2) is 5.84 Å². The lowest BCUT2D eigenvalue weighted by Crippen LogP contribution is -2.55. The van der Waals surface area contributed by atoms with E-state index in [2.05, 4.69) is 34.8 Å². The number of anilines is 1. The van der Waals surface area contributed by atoms with Crippen molar-refractivity contribution in [3.8, 4) is 5.75 Å². The van der Waals surface area contributed by atoms with Crippen molar-refractivity contribution in [1.29, 1.82) is 0 Å². The smallest absolute Gasteiger partial charge is 0.410 e. The SMILES string of the molecule is CC1C(=O)NN=C2COc3ccc(C4CCN(C(=O)OC(C)(C)C)C(Cc5ccccc5)C4)cc3N21. The van der Waals surface area contributed by atoms with Gasteiger partial charge in [0.2, 0.25) is 0 Å². The predicted octanol–water partition coefficient (Wildman–Crippen LogP) is 4.44. The number of amides is 2. The molecule has 1 fully saturated rings. The van der Waals surface area contributed by atoms with Gasteiger partial charge in [0.1, 0.15) is 24.0 Å². The molecule has 3 atom stereocenters. The lowest BCUT2D eigenvalue weighted by Gasteiger charge is -2.41. The molecule has 8 heteroatoms. The molecule has 36 heavy (non-hydrogen) atoms. The Balaban J connectivity index is 1.42. The van der Waals surface area contributed by atoms with E-state index < -0.39 is 5.60 Å². The second kappa shape index (κ2) is 9.48. The van der Waals surface area contributed by atoms with Gasteiger partial charge in [-0.25, -0.2) is 10.2 Å². The number of fused-ring (bicyclic) bond motifs is 3. The molecule has 0 bridgehead atoms. The summed E-state index contributed by atoms with van der Waals surface area (Å²) in [7, 11) is 0. The fraction of sp³-hybridized carbons (Fsp3) is 0.464. The Morgan fingerprint density at radius 2 is 1.97 bits per heavy atom. The molecule has 0 spiro atoms. The summed E-state index contributed by atoms with van der Waals surface area (Å²) in [6.45, 7) is 8.53. The number of benzene rings is 2. The first-order chi connectivity index (χ1) is 17.2. The van der Waals surface area contributed by atoms with E-state index in [1.165, 1.54) is 11.1 Å². The molecule has 5 rings (SSSR count). The van der Waals surface area contributed by atoms with Gasteiger partial charge < -0.3 is 19.3 Å². The van der Waals surface area contributed by atoms with E-state index in [1.807, 2.05) is 61.8 Å². The molecule has 3 heterocycles. The van der Waals surface area contributed by atoms with Gasteiger partial charge in [-0.3, -0.25) is 4.79 Å². The van der Waals surface area contributed by atoms with Crippen LogP contribution in [0.4, 0.5) is 10.5 Å². The molecule has 2 aromatic rings. The minimum atomic E-state index is -0.541. The minimum absolute atomic E-state index is 0.0186. The third-order valence-electron chi connectivity index (χ3n) is 7.07. The van der Waals surface area contributed by atoms with Crippen LogP contribution in [0.5, 0.6) is 5.75 Å². The number of rotatable bonds is 3. The van der Waals surface area contributed by atoms with Gasteiger partial charge in [0.05, 0.1) is 5.69 Å². The number of nitrogens with zero attached hydrogens (tertiary/aromatic N) is 3. The summed E-state index contributed by atoms with van der Waals surface area (Å²) in [6.07, 6.45) is 2.17. The normalized spacial score (nSPS) is 23.6. The summed E-state index contributed by atoms with van der Waals surface area (Å²) in [4.78, 5) is 29.3. The zero-order chi connectivity index (χ0) is 25.4. The third-order valence-corrected chi connectivity index (χ3v) is 7.07. The van der Waals surface area contributed by atoms with Gasteiger partial charge >= 0.3 is 6.09 Å². The maximum atomic E-state index is 13.1. The predicted molar refractivity (Wildman–Crippen MR) is 138 cm³/mol. The van der Waals surface area contributed by atoms with Crippen LogP contribution in [0.2, 0.25) is 0 Å². The monoisotopic (exact) mass is 490 g/mol. The van der Waals surface area contributed by atoms with Crippen molar-refractivity contribution in [1.82, 2.24) is 10.3 Å². The van der Waals surface area contributed by atoms with Crippen LogP contribution in [0.25, 0.3) is 0 Å². The highest BCUT2D eigenvalue weighted by atomic mass is 16.6. The van der Waals surface area contributed by atoms with Gasteiger partial charge in [-0.15, -0.1) is 0 Å². The van der Waals surface area contributed by atoms with Crippen LogP contribution in [0.15, 0.2) is 53.6 Å². The van der Waals surface area contributed by atoms with Crippen molar-refractivity contribution in [3.63, 3.8) is 0 Å². The number of hydrogen-bond acceptors (Lipinski definition) is 6. The van der Waals surface area contributed by atoms with Crippen molar-refractivity contribution in [3.05, 3.63) is 59.7 Å². The molecular weight excluding hydrogens is 456 g/mol. The van der Waals surface area contributed by atoms with Crippen molar-refractivity contribution >= 4 is 23.5 Å². The highest BCUT2D eigenvalue weighted by Gasteiger charge is 2.38. The Kier molecular flexibility index (Phi) is 6.36. The summed E-state index contributed by atoms with van der Waals surface area (Å²) in [5, 5.41) is 4.20. The van der Waals surface area contributed by atoms with Crippen LogP contribution in [-0.2, 0) is 16.0 Å². The summed E-state index contributed by atoms with van der Waals surface area (Å²) in [5.41, 5.74) is 5.28.